The number of aliphatic hydroxyl groups excluding tert-OH is 1. The standard InChI is InChI=1S/C9H10N2O3/c1-6(12)3-8(13)7-4-9(14-2)11-5-10-7/h3-5,12H,1-2H3/b6-3-. The van der Waals surface area contributed by atoms with Crippen molar-refractivity contribution in [3.05, 3.63) is 29.9 Å². The molecule has 0 aliphatic heterocycles. The number of ether oxygens (including phenoxy) is 1. The van der Waals surface area contributed by atoms with Gasteiger partial charge in [0.15, 0.2) is 0 Å². The fourth-order valence-electron chi connectivity index (χ4n) is 0.850. The van der Waals surface area contributed by atoms with E-state index in [1.165, 1.54) is 26.4 Å². The predicted octanol–water partition coefficient (Wildman–Crippen LogP) is 1.13. The monoisotopic (exact) mass is 194 g/mol. The summed E-state index contributed by atoms with van der Waals surface area (Å²) < 4.78 is 4.82. The molecule has 0 saturated carbocycles. The molecule has 1 N–H and O–H groups in total. The maximum Gasteiger partial charge on any atom is 0.216 e. The van der Waals surface area contributed by atoms with Crippen LogP contribution in [0.5, 0.6) is 5.88 Å². The number of methoxy groups -OCH3 is 1. The lowest BCUT2D eigenvalue weighted by molar-refractivity contribution is 0.103. The van der Waals surface area contributed by atoms with E-state index in [9.17, 15) is 4.79 Å². The highest BCUT2D eigenvalue weighted by Crippen LogP contribution is 2.07. The molecule has 0 aliphatic rings. The molecule has 14 heavy (non-hydrogen) atoms. The van der Waals surface area contributed by atoms with Gasteiger partial charge in [-0.2, -0.15) is 0 Å². The van der Waals surface area contributed by atoms with Crippen molar-refractivity contribution in [2.24, 2.45) is 0 Å². The van der Waals surface area contributed by atoms with Gasteiger partial charge in [0.2, 0.25) is 11.7 Å². The maximum absolute atomic E-state index is 11.3. The Morgan fingerprint density at radius 3 is 2.86 bits per heavy atom. The fraction of sp³-hybridized carbons (Fsp3) is 0.222. The van der Waals surface area contributed by atoms with Crippen molar-refractivity contribution in [1.29, 1.82) is 0 Å². The van der Waals surface area contributed by atoms with E-state index in [2.05, 4.69) is 9.97 Å². The van der Waals surface area contributed by atoms with Gasteiger partial charge in [0.05, 0.1) is 12.9 Å². The van der Waals surface area contributed by atoms with Crippen LogP contribution in [0.3, 0.4) is 0 Å². The van der Waals surface area contributed by atoms with Gasteiger partial charge in [0.1, 0.15) is 12.0 Å². The zero-order valence-corrected chi connectivity index (χ0v) is 7.89. The topological polar surface area (TPSA) is 72.3 Å². The number of allylic oxidation sites excluding steroid dienone is 2. The predicted molar refractivity (Wildman–Crippen MR) is 49.3 cm³/mol. The van der Waals surface area contributed by atoms with Crippen LogP contribution in [-0.4, -0.2) is 28.0 Å². The van der Waals surface area contributed by atoms with E-state index in [0.29, 0.717) is 5.88 Å². The summed E-state index contributed by atoms with van der Waals surface area (Å²) in [7, 11) is 1.45. The Bertz CT molecular complexity index is 370. The summed E-state index contributed by atoms with van der Waals surface area (Å²) in [6.07, 6.45) is 2.31. The third-order valence-corrected chi connectivity index (χ3v) is 1.44. The van der Waals surface area contributed by atoms with Crippen LogP contribution < -0.4 is 4.74 Å². The lowest BCUT2D eigenvalue weighted by atomic mass is 10.2. The van der Waals surface area contributed by atoms with Crippen LogP contribution in [0.25, 0.3) is 0 Å². The molecule has 5 heteroatoms. The van der Waals surface area contributed by atoms with Gasteiger partial charge in [-0.1, -0.05) is 0 Å². The lowest BCUT2D eigenvalue weighted by Crippen LogP contribution is -2.01. The van der Waals surface area contributed by atoms with Crippen LogP contribution in [-0.2, 0) is 0 Å². The summed E-state index contributed by atoms with van der Waals surface area (Å²) in [4.78, 5) is 18.8. The van der Waals surface area contributed by atoms with Crippen LogP contribution in [0, 0.1) is 0 Å². The molecule has 1 aromatic rings. The van der Waals surface area contributed by atoms with Gasteiger partial charge in [-0.3, -0.25) is 4.79 Å². The van der Waals surface area contributed by atoms with E-state index in [-0.39, 0.29) is 17.2 Å². The zero-order valence-electron chi connectivity index (χ0n) is 7.89. The zero-order chi connectivity index (χ0) is 10.6. The molecule has 0 atom stereocenters. The number of aromatic nitrogens is 2. The van der Waals surface area contributed by atoms with Crippen LogP contribution in [0.2, 0.25) is 0 Å². The van der Waals surface area contributed by atoms with Gasteiger partial charge >= 0.3 is 0 Å². The molecule has 0 amide bonds. The molecule has 1 rings (SSSR count). The first-order valence-corrected chi connectivity index (χ1v) is 3.91. The summed E-state index contributed by atoms with van der Waals surface area (Å²) in [5, 5.41) is 8.88. The van der Waals surface area contributed by atoms with Crippen molar-refractivity contribution >= 4 is 5.78 Å². The van der Waals surface area contributed by atoms with E-state index < -0.39 is 0 Å². The normalized spacial score (nSPS) is 11.1. The first kappa shape index (κ1) is 10.2. The number of aliphatic hydroxyl groups is 1. The Hall–Kier alpha value is -1.91. The average molecular weight is 194 g/mol. The molecule has 5 nitrogen and oxygen atoms in total. The van der Waals surface area contributed by atoms with E-state index in [1.807, 2.05) is 0 Å². The van der Waals surface area contributed by atoms with Crippen LogP contribution in [0.4, 0.5) is 0 Å². The quantitative estimate of drug-likeness (QED) is 0.443. The van der Waals surface area contributed by atoms with Crippen molar-refractivity contribution in [2.45, 2.75) is 6.92 Å². The van der Waals surface area contributed by atoms with Gasteiger partial charge < -0.3 is 9.84 Å². The third kappa shape index (κ3) is 2.55. The Balaban J connectivity index is 2.96. The molecule has 0 bridgehead atoms. The van der Waals surface area contributed by atoms with Gasteiger partial charge in [-0.15, -0.1) is 0 Å². The Morgan fingerprint density at radius 1 is 1.57 bits per heavy atom. The fourth-order valence-corrected chi connectivity index (χ4v) is 0.850. The summed E-state index contributed by atoms with van der Waals surface area (Å²) in [6, 6.07) is 1.40. The molecule has 0 unspecified atom stereocenters. The van der Waals surface area contributed by atoms with Crippen molar-refractivity contribution in [2.75, 3.05) is 7.11 Å². The van der Waals surface area contributed by atoms with Crippen molar-refractivity contribution < 1.29 is 14.6 Å². The van der Waals surface area contributed by atoms with Gasteiger partial charge in [-0.25, -0.2) is 9.97 Å². The van der Waals surface area contributed by atoms with Crippen molar-refractivity contribution in [3.8, 4) is 5.88 Å². The van der Waals surface area contributed by atoms with E-state index >= 15 is 0 Å². The van der Waals surface area contributed by atoms with Crippen molar-refractivity contribution in [3.63, 3.8) is 0 Å². The summed E-state index contributed by atoms with van der Waals surface area (Å²) in [5.41, 5.74) is 0.185. The minimum Gasteiger partial charge on any atom is -0.512 e. The second kappa shape index (κ2) is 4.36. The van der Waals surface area contributed by atoms with Gasteiger partial charge in [0, 0.05) is 12.1 Å². The molecule has 0 radical (unpaired) electrons. The lowest BCUT2D eigenvalue weighted by Gasteiger charge is -1.98. The molecule has 0 spiro atoms. The van der Waals surface area contributed by atoms with Crippen LogP contribution >= 0.6 is 0 Å². The first-order chi connectivity index (χ1) is 6.63. The minimum atomic E-state index is -0.384. The molecule has 74 valence electrons. The van der Waals surface area contributed by atoms with E-state index in [0.717, 1.165) is 6.08 Å². The number of hydrogen-bond donors (Lipinski definition) is 1. The highest BCUT2D eigenvalue weighted by atomic mass is 16.5. The summed E-state index contributed by atoms with van der Waals surface area (Å²) in [5.74, 6) is -0.134. The molecular formula is C9H10N2O3. The Morgan fingerprint density at radius 2 is 2.29 bits per heavy atom. The van der Waals surface area contributed by atoms with Crippen LogP contribution in [0.1, 0.15) is 17.4 Å². The average Bonchev–Trinajstić information content (AvgIpc) is 2.17. The van der Waals surface area contributed by atoms with E-state index in [4.69, 9.17) is 9.84 Å². The van der Waals surface area contributed by atoms with Crippen molar-refractivity contribution in [1.82, 2.24) is 9.97 Å². The van der Waals surface area contributed by atoms with E-state index in [1.54, 1.807) is 0 Å². The van der Waals surface area contributed by atoms with Crippen LogP contribution in [0.15, 0.2) is 24.2 Å². The number of nitrogens with zero attached hydrogens (tertiary/aromatic N) is 2. The highest BCUT2D eigenvalue weighted by Gasteiger charge is 2.06. The Kier molecular flexibility index (Phi) is 3.17. The summed E-state index contributed by atoms with van der Waals surface area (Å²) in [6.45, 7) is 1.41. The third-order valence-electron chi connectivity index (χ3n) is 1.44. The number of rotatable bonds is 3. The second-order valence-electron chi connectivity index (χ2n) is 2.60. The molecule has 0 fully saturated rings. The smallest absolute Gasteiger partial charge is 0.216 e. The number of carbonyl (C=O) groups excluding carboxylic acids is 1. The SMILES string of the molecule is COc1cc(C(=O)/C=C(/C)O)ncn1. The molecule has 1 aromatic heterocycles. The Labute approximate surface area is 81.1 Å². The first-order valence-electron chi connectivity index (χ1n) is 3.91. The number of ketones is 1. The summed E-state index contributed by atoms with van der Waals surface area (Å²) >= 11 is 0. The second-order valence-corrected chi connectivity index (χ2v) is 2.60. The van der Waals surface area contributed by atoms with Gasteiger partial charge in [0.25, 0.3) is 0 Å². The number of hydrogen-bond acceptors (Lipinski definition) is 5. The molecule has 0 saturated heterocycles. The highest BCUT2D eigenvalue weighted by molar-refractivity contribution is 6.03. The number of carbonyl (C=O) groups is 1. The van der Waals surface area contributed by atoms with Gasteiger partial charge in [-0.05, 0) is 6.92 Å². The largest absolute Gasteiger partial charge is 0.512 e. The molecular weight excluding hydrogens is 184 g/mol. The minimum absolute atomic E-state index is 0.0624. The molecule has 0 aliphatic carbocycles. The maximum atomic E-state index is 11.3. The molecule has 0 aromatic carbocycles. The molecule has 1 heterocycles.